The van der Waals surface area contributed by atoms with Gasteiger partial charge in [-0.05, 0) is 18.1 Å². The summed E-state index contributed by atoms with van der Waals surface area (Å²) in [7, 11) is 0. The zero-order valence-corrected chi connectivity index (χ0v) is 13.0. The number of rotatable bonds is 6. The molecule has 0 saturated heterocycles. The molecule has 0 fully saturated rings. The Labute approximate surface area is 133 Å². The molecule has 1 aromatic rings. The summed E-state index contributed by atoms with van der Waals surface area (Å²) in [5.41, 5.74) is 0.651. The van der Waals surface area contributed by atoms with Gasteiger partial charge in [0, 0.05) is 47.9 Å². The maximum atomic E-state index is 10.7. The van der Waals surface area contributed by atoms with E-state index in [0.29, 0.717) is 18.5 Å². The summed E-state index contributed by atoms with van der Waals surface area (Å²) in [6.45, 7) is 0.413. The van der Waals surface area contributed by atoms with E-state index in [0.717, 1.165) is 0 Å². The molecule has 0 aromatic heterocycles. The number of carbonyl (C=O) groups is 1. The second-order valence-electron chi connectivity index (χ2n) is 3.59. The molecule has 1 rings (SSSR count). The third-order valence-electron chi connectivity index (χ3n) is 2.33. The molecule has 1 radical (unpaired) electrons. The smallest absolute Gasteiger partial charge is 0.321 e. The molecule has 0 heterocycles. The average Bonchev–Trinajstić information content (AvgIpc) is 2.26. The van der Waals surface area contributed by atoms with E-state index in [1.165, 1.54) is 12.1 Å². The molecule has 95 valence electrons. The van der Waals surface area contributed by atoms with E-state index in [-0.39, 0.29) is 46.8 Å². The number of hydrogen-bond acceptors (Lipinski definition) is 5. The molecular formula is C11H15NNaO4S. The standard InChI is InChI=1S/C11H15NO4S.Na/c13-8-2-1-7(10(14)5-8)3-4-12-9(6-17)11(15)16;/h1-2,5,9,12-14,17H,3-4,6H2,(H,15,16);/t9-;/m0./s1. The maximum absolute atomic E-state index is 10.7. The summed E-state index contributed by atoms with van der Waals surface area (Å²) < 4.78 is 0. The van der Waals surface area contributed by atoms with Crippen molar-refractivity contribution in [3.63, 3.8) is 0 Å². The van der Waals surface area contributed by atoms with Crippen molar-refractivity contribution in [3.05, 3.63) is 23.8 Å². The SMILES string of the molecule is O=C(O)[C@H](CS)NCCc1ccc(O)cc1O.[Na]. The fourth-order valence-corrected chi connectivity index (χ4v) is 1.66. The Kier molecular flexibility index (Phi) is 8.47. The first-order valence-corrected chi connectivity index (χ1v) is 5.75. The molecule has 4 N–H and O–H groups in total. The largest absolute Gasteiger partial charge is 0.508 e. The van der Waals surface area contributed by atoms with Crippen LogP contribution in [-0.4, -0.2) is 69.2 Å². The molecule has 18 heavy (non-hydrogen) atoms. The summed E-state index contributed by atoms with van der Waals surface area (Å²) in [5, 5.41) is 30.2. The van der Waals surface area contributed by atoms with Gasteiger partial charge in [0.05, 0.1) is 0 Å². The Morgan fingerprint density at radius 3 is 2.56 bits per heavy atom. The number of benzene rings is 1. The van der Waals surface area contributed by atoms with Crippen LogP contribution in [-0.2, 0) is 11.2 Å². The molecule has 0 unspecified atom stereocenters. The number of carboxylic acid groups (broad SMARTS) is 1. The van der Waals surface area contributed by atoms with E-state index in [9.17, 15) is 9.90 Å². The molecular weight excluding hydrogens is 265 g/mol. The zero-order valence-electron chi connectivity index (χ0n) is 10.1. The Bertz CT molecular complexity index is 403. The summed E-state index contributed by atoms with van der Waals surface area (Å²) in [5.74, 6) is -0.742. The van der Waals surface area contributed by atoms with Gasteiger partial charge < -0.3 is 20.6 Å². The van der Waals surface area contributed by atoms with Crippen LogP contribution in [0, 0.1) is 0 Å². The number of nitrogens with one attached hydrogen (secondary N) is 1. The number of phenols is 2. The normalized spacial score (nSPS) is 11.6. The number of hydrogen-bond donors (Lipinski definition) is 5. The number of thiol groups is 1. The molecule has 0 spiro atoms. The van der Waals surface area contributed by atoms with Crippen LogP contribution in [0.5, 0.6) is 11.5 Å². The van der Waals surface area contributed by atoms with Gasteiger partial charge in [-0.15, -0.1) is 0 Å². The molecule has 0 bridgehead atoms. The van der Waals surface area contributed by atoms with Crippen molar-refractivity contribution < 1.29 is 20.1 Å². The summed E-state index contributed by atoms with van der Waals surface area (Å²) in [6, 6.07) is 3.63. The average molecular weight is 280 g/mol. The van der Waals surface area contributed by atoms with Crippen LogP contribution >= 0.6 is 12.6 Å². The molecule has 1 aromatic carbocycles. The van der Waals surface area contributed by atoms with Crippen molar-refractivity contribution >= 4 is 48.2 Å². The number of aliphatic carboxylic acids is 1. The van der Waals surface area contributed by atoms with Crippen LogP contribution in [0.15, 0.2) is 18.2 Å². The van der Waals surface area contributed by atoms with Crippen LogP contribution < -0.4 is 5.32 Å². The Morgan fingerprint density at radius 2 is 2.06 bits per heavy atom. The predicted octanol–water partition coefficient (Wildman–Crippen LogP) is 0.232. The summed E-state index contributed by atoms with van der Waals surface area (Å²) >= 11 is 3.92. The van der Waals surface area contributed by atoms with Crippen molar-refractivity contribution in [3.8, 4) is 11.5 Å². The molecule has 0 aliphatic carbocycles. The van der Waals surface area contributed by atoms with E-state index in [1.807, 2.05) is 0 Å². The molecule has 7 heteroatoms. The van der Waals surface area contributed by atoms with E-state index in [2.05, 4.69) is 17.9 Å². The third kappa shape index (κ3) is 5.49. The van der Waals surface area contributed by atoms with E-state index in [1.54, 1.807) is 6.07 Å². The first kappa shape index (κ1) is 17.6. The number of phenolic OH excluding ortho intramolecular Hbond substituents is 2. The Balaban J connectivity index is 0.00000289. The van der Waals surface area contributed by atoms with Gasteiger partial charge in [0.15, 0.2) is 0 Å². The van der Waals surface area contributed by atoms with Gasteiger partial charge in [-0.2, -0.15) is 12.6 Å². The van der Waals surface area contributed by atoms with Crippen molar-refractivity contribution in [2.45, 2.75) is 12.5 Å². The monoisotopic (exact) mass is 280 g/mol. The van der Waals surface area contributed by atoms with E-state index in [4.69, 9.17) is 10.2 Å². The first-order valence-electron chi connectivity index (χ1n) is 5.12. The summed E-state index contributed by atoms with van der Waals surface area (Å²) in [4.78, 5) is 10.7. The number of aromatic hydroxyl groups is 2. The third-order valence-corrected chi connectivity index (χ3v) is 2.70. The Hall–Kier alpha value is -0.400. The molecule has 0 amide bonds. The fourth-order valence-electron chi connectivity index (χ4n) is 1.37. The van der Waals surface area contributed by atoms with Crippen molar-refractivity contribution in [1.29, 1.82) is 0 Å². The minimum atomic E-state index is -0.949. The molecule has 1 atom stereocenters. The van der Waals surface area contributed by atoms with Gasteiger partial charge in [-0.1, -0.05) is 6.07 Å². The van der Waals surface area contributed by atoms with Crippen molar-refractivity contribution in [2.24, 2.45) is 0 Å². The van der Waals surface area contributed by atoms with Crippen LogP contribution in [0.3, 0.4) is 0 Å². The van der Waals surface area contributed by atoms with Gasteiger partial charge in [0.1, 0.15) is 17.5 Å². The predicted molar refractivity (Wildman–Crippen MR) is 72.5 cm³/mol. The molecule has 0 saturated carbocycles. The fraction of sp³-hybridized carbons (Fsp3) is 0.364. The molecule has 0 aliphatic rings. The van der Waals surface area contributed by atoms with E-state index < -0.39 is 12.0 Å². The van der Waals surface area contributed by atoms with Gasteiger partial charge in [0.2, 0.25) is 0 Å². The number of carboxylic acids is 1. The minimum Gasteiger partial charge on any atom is -0.508 e. The van der Waals surface area contributed by atoms with Gasteiger partial charge >= 0.3 is 5.97 Å². The summed E-state index contributed by atoms with van der Waals surface area (Å²) in [6.07, 6.45) is 0.476. The zero-order chi connectivity index (χ0) is 12.8. The van der Waals surface area contributed by atoms with Gasteiger partial charge in [-0.3, -0.25) is 4.79 Å². The topological polar surface area (TPSA) is 89.8 Å². The molecule has 5 nitrogen and oxygen atoms in total. The minimum absolute atomic E-state index is 0. The van der Waals surface area contributed by atoms with Crippen LogP contribution in [0.4, 0.5) is 0 Å². The van der Waals surface area contributed by atoms with Crippen molar-refractivity contribution in [1.82, 2.24) is 5.32 Å². The maximum Gasteiger partial charge on any atom is 0.321 e. The Morgan fingerprint density at radius 1 is 1.39 bits per heavy atom. The van der Waals surface area contributed by atoms with Crippen LogP contribution in [0.2, 0.25) is 0 Å². The van der Waals surface area contributed by atoms with Gasteiger partial charge in [0.25, 0.3) is 0 Å². The van der Waals surface area contributed by atoms with E-state index >= 15 is 0 Å². The second-order valence-corrected chi connectivity index (χ2v) is 3.96. The second kappa shape index (κ2) is 8.66. The van der Waals surface area contributed by atoms with Crippen LogP contribution in [0.25, 0.3) is 0 Å². The molecule has 0 aliphatic heterocycles. The van der Waals surface area contributed by atoms with Crippen LogP contribution in [0.1, 0.15) is 5.56 Å². The van der Waals surface area contributed by atoms with Gasteiger partial charge in [-0.25, -0.2) is 0 Å². The first-order chi connectivity index (χ1) is 8.04. The van der Waals surface area contributed by atoms with Crippen molar-refractivity contribution in [2.75, 3.05) is 12.3 Å². The quantitative estimate of drug-likeness (QED) is 0.380.